The van der Waals surface area contributed by atoms with Gasteiger partial charge in [0, 0.05) is 0 Å². The average molecular weight is 274 g/mol. The van der Waals surface area contributed by atoms with Crippen LogP contribution in [0.4, 0.5) is 0 Å². The minimum atomic E-state index is 0.372. The number of unbranched alkanes of at least 4 members (excludes halogenated alkanes) is 4. The summed E-state index contributed by atoms with van der Waals surface area (Å²) >= 11 is 0. The van der Waals surface area contributed by atoms with E-state index >= 15 is 0 Å². The second kappa shape index (κ2) is 9.10. The van der Waals surface area contributed by atoms with Crippen molar-refractivity contribution < 1.29 is 4.65 Å². The molecule has 0 saturated carbocycles. The van der Waals surface area contributed by atoms with E-state index in [1.807, 2.05) is 0 Å². The third-order valence-corrected chi connectivity index (χ3v) is 3.97. The quantitative estimate of drug-likeness (QED) is 0.398. The molecule has 0 N–H and O–H groups in total. The van der Waals surface area contributed by atoms with Gasteiger partial charge in [0.2, 0.25) is 0 Å². The molecule has 0 aromatic heterocycles. The number of hydrogen-bond acceptors (Lipinski definition) is 1. The smallest absolute Gasteiger partial charge is 0.357 e. The lowest BCUT2D eigenvalue weighted by Gasteiger charge is -2.19. The molecule has 0 atom stereocenters. The molecule has 112 valence electrons. The van der Waals surface area contributed by atoms with Crippen LogP contribution in [0, 0.1) is 20.8 Å². The van der Waals surface area contributed by atoms with E-state index in [-0.39, 0.29) is 0 Å². The first-order valence-corrected chi connectivity index (χ1v) is 8.33. The zero-order valence-corrected chi connectivity index (χ0v) is 14.1. The van der Waals surface area contributed by atoms with E-state index in [0.29, 0.717) is 6.92 Å². The second-order valence-electron chi connectivity index (χ2n) is 6.08. The molecule has 1 aromatic carbocycles. The molecule has 0 radical (unpaired) electrons. The SMILES string of the molecule is CCCCCCCB(CC)Oc1c(C)cc(C)cc1C. The number of hydrogen-bond donors (Lipinski definition) is 0. The Kier molecular flexibility index (Phi) is 7.80. The summed E-state index contributed by atoms with van der Waals surface area (Å²) in [5.74, 6) is 1.11. The molecular formula is C18H31BO. The van der Waals surface area contributed by atoms with Crippen molar-refractivity contribution in [3.05, 3.63) is 28.8 Å². The van der Waals surface area contributed by atoms with Gasteiger partial charge in [-0.15, -0.1) is 0 Å². The van der Waals surface area contributed by atoms with E-state index in [1.54, 1.807) is 0 Å². The third kappa shape index (κ3) is 5.60. The molecule has 0 unspecified atom stereocenters. The first-order valence-electron chi connectivity index (χ1n) is 8.33. The first kappa shape index (κ1) is 17.1. The summed E-state index contributed by atoms with van der Waals surface area (Å²) in [5, 5.41) is 0. The van der Waals surface area contributed by atoms with Gasteiger partial charge < -0.3 is 4.65 Å². The summed E-state index contributed by atoms with van der Waals surface area (Å²) in [5.41, 5.74) is 3.86. The van der Waals surface area contributed by atoms with E-state index < -0.39 is 0 Å². The lowest BCUT2D eigenvalue weighted by atomic mass is 9.60. The van der Waals surface area contributed by atoms with Gasteiger partial charge in [-0.05, 0) is 44.5 Å². The van der Waals surface area contributed by atoms with Gasteiger partial charge in [-0.25, -0.2) is 0 Å². The van der Waals surface area contributed by atoms with Gasteiger partial charge in [-0.3, -0.25) is 0 Å². The van der Waals surface area contributed by atoms with Crippen LogP contribution in [-0.4, -0.2) is 6.92 Å². The standard InChI is InChI=1S/C18H31BO/c1-6-8-9-10-11-12-19(7-2)20-18-16(4)13-15(3)14-17(18)5/h13-14H,6-12H2,1-5H3. The van der Waals surface area contributed by atoms with Crippen molar-refractivity contribution in [3.63, 3.8) is 0 Å². The Bertz CT molecular complexity index is 377. The molecule has 0 spiro atoms. The summed E-state index contributed by atoms with van der Waals surface area (Å²) in [4.78, 5) is 0. The molecule has 0 aliphatic heterocycles. The van der Waals surface area contributed by atoms with Crippen molar-refractivity contribution in [1.29, 1.82) is 0 Å². The summed E-state index contributed by atoms with van der Waals surface area (Å²) in [6, 6.07) is 4.44. The van der Waals surface area contributed by atoms with Gasteiger partial charge in [0.1, 0.15) is 5.75 Å². The highest BCUT2D eigenvalue weighted by atomic mass is 16.4. The van der Waals surface area contributed by atoms with Crippen LogP contribution >= 0.6 is 0 Å². The van der Waals surface area contributed by atoms with Crippen molar-refractivity contribution in [2.75, 3.05) is 0 Å². The minimum absolute atomic E-state index is 0.372. The fourth-order valence-corrected chi connectivity index (χ4v) is 2.84. The molecule has 2 heteroatoms. The van der Waals surface area contributed by atoms with E-state index in [2.05, 4.69) is 46.8 Å². The van der Waals surface area contributed by atoms with Gasteiger partial charge in [0.25, 0.3) is 0 Å². The third-order valence-electron chi connectivity index (χ3n) is 3.97. The van der Waals surface area contributed by atoms with Crippen LogP contribution in [0.3, 0.4) is 0 Å². The maximum Gasteiger partial charge on any atom is 0.357 e. The van der Waals surface area contributed by atoms with Crippen molar-refractivity contribution >= 4 is 6.92 Å². The van der Waals surface area contributed by atoms with Crippen LogP contribution in [0.1, 0.15) is 62.6 Å². The lowest BCUT2D eigenvalue weighted by molar-refractivity contribution is 0.545. The maximum atomic E-state index is 6.29. The number of benzene rings is 1. The van der Waals surface area contributed by atoms with Crippen molar-refractivity contribution in [3.8, 4) is 5.75 Å². The summed E-state index contributed by atoms with van der Waals surface area (Å²) < 4.78 is 6.29. The molecule has 0 bridgehead atoms. The Labute approximate surface area is 126 Å². The van der Waals surface area contributed by atoms with E-state index in [1.165, 1.54) is 55.1 Å². The van der Waals surface area contributed by atoms with E-state index in [0.717, 1.165) is 12.1 Å². The zero-order valence-electron chi connectivity index (χ0n) is 14.1. The largest absolute Gasteiger partial charge is 0.560 e. The van der Waals surface area contributed by atoms with Crippen molar-refractivity contribution in [2.45, 2.75) is 79.4 Å². The number of aryl methyl sites for hydroxylation is 3. The fraction of sp³-hybridized carbons (Fsp3) is 0.667. The van der Waals surface area contributed by atoms with Gasteiger partial charge in [-0.2, -0.15) is 0 Å². The predicted molar refractivity (Wildman–Crippen MR) is 91.1 cm³/mol. The Morgan fingerprint density at radius 3 is 2.05 bits per heavy atom. The van der Waals surface area contributed by atoms with Gasteiger partial charge in [0.15, 0.2) is 0 Å². The van der Waals surface area contributed by atoms with E-state index in [4.69, 9.17) is 4.65 Å². The number of rotatable bonds is 9. The van der Waals surface area contributed by atoms with Crippen molar-refractivity contribution in [1.82, 2.24) is 0 Å². The summed E-state index contributed by atoms with van der Waals surface area (Å²) in [6.07, 6.45) is 8.98. The molecule has 0 aliphatic rings. The van der Waals surface area contributed by atoms with Crippen LogP contribution in [-0.2, 0) is 0 Å². The maximum absolute atomic E-state index is 6.29. The summed E-state index contributed by atoms with van der Waals surface area (Å²) in [6.45, 7) is 11.3. The molecule has 0 fully saturated rings. The van der Waals surface area contributed by atoms with E-state index in [9.17, 15) is 0 Å². The predicted octanol–water partition coefficient (Wildman–Crippen LogP) is 5.97. The first-order chi connectivity index (χ1) is 9.58. The molecule has 0 amide bonds. The Morgan fingerprint density at radius 1 is 0.900 bits per heavy atom. The van der Waals surface area contributed by atoms with Crippen LogP contribution in [0.2, 0.25) is 12.6 Å². The minimum Gasteiger partial charge on any atom is -0.560 e. The van der Waals surface area contributed by atoms with Crippen molar-refractivity contribution in [2.24, 2.45) is 0 Å². The van der Waals surface area contributed by atoms with Crippen LogP contribution in [0.25, 0.3) is 0 Å². The highest BCUT2D eigenvalue weighted by Crippen LogP contribution is 2.26. The Hall–Kier alpha value is -0.915. The van der Waals surface area contributed by atoms with Crippen LogP contribution in [0.5, 0.6) is 5.75 Å². The Balaban J connectivity index is 2.52. The molecule has 0 aliphatic carbocycles. The molecule has 1 aromatic rings. The topological polar surface area (TPSA) is 9.23 Å². The van der Waals surface area contributed by atoms with Gasteiger partial charge in [0.05, 0.1) is 0 Å². The monoisotopic (exact) mass is 274 g/mol. The second-order valence-corrected chi connectivity index (χ2v) is 6.08. The molecule has 20 heavy (non-hydrogen) atoms. The molecule has 1 rings (SSSR count). The van der Waals surface area contributed by atoms with Crippen LogP contribution < -0.4 is 4.65 Å². The molecular weight excluding hydrogens is 243 g/mol. The zero-order chi connectivity index (χ0) is 15.0. The highest BCUT2D eigenvalue weighted by molar-refractivity contribution is 6.52. The van der Waals surface area contributed by atoms with Gasteiger partial charge in [-0.1, -0.05) is 63.6 Å². The molecule has 1 nitrogen and oxygen atoms in total. The average Bonchev–Trinajstić information content (AvgIpc) is 2.40. The van der Waals surface area contributed by atoms with Crippen LogP contribution in [0.15, 0.2) is 12.1 Å². The normalized spacial score (nSPS) is 10.7. The molecule has 0 heterocycles. The molecule has 0 saturated heterocycles. The fourth-order valence-electron chi connectivity index (χ4n) is 2.84. The van der Waals surface area contributed by atoms with Gasteiger partial charge >= 0.3 is 6.92 Å². The lowest BCUT2D eigenvalue weighted by Crippen LogP contribution is -2.21. The highest BCUT2D eigenvalue weighted by Gasteiger charge is 2.17. The summed E-state index contributed by atoms with van der Waals surface area (Å²) in [7, 11) is 0. The Morgan fingerprint density at radius 2 is 1.50 bits per heavy atom.